The number of hydrogen-bond acceptors (Lipinski definition) is 2. The molecule has 3 nitrogen and oxygen atoms in total. The number of benzene rings is 2. The van der Waals surface area contributed by atoms with Crippen molar-refractivity contribution in [1.82, 2.24) is 4.90 Å². The van der Waals surface area contributed by atoms with Gasteiger partial charge in [-0.05, 0) is 29.8 Å². The summed E-state index contributed by atoms with van der Waals surface area (Å²) in [6, 6.07) is 9.92. The van der Waals surface area contributed by atoms with Crippen molar-refractivity contribution in [2.24, 2.45) is 0 Å². The third kappa shape index (κ3) is 3.59. The molecule has 0 saturated carbocycles. The number of amides is 2. The van der Waals surface area contributed by atoms with Crippen molar-refractivity contribution in [3.8, 4) is 0 Å². The van der Waals surface area contributed by atoms with Gasteiger partial charge in [-0.3, -0.25) is 0 Å². The van der Waals surface area contributed by atoms with Crippen LogP contribution in [-0.2, 0) is 0 Å². The highest BCUT2D eigenvalue weighted by Crippen LogP contribution is 2.38. The van der Waals surface area contributed by atoms with E-state index in [1.165, 1.54) is 6.07 Å². The quantitative estimate of drug-likeness (QED) is 0.832. The molecular formula is C16H13ClF2N2OS. The summed E-state index contributed by atoms with van der Waals surface area (Å²) in [7, 11) is 0. The van der Waals surface area contributed by atoms with Crippen LogP contribution in [0.25, 0.3) is 0 Å². The van der Waals surface area contributed by atoms with E-state index in [-0.39, 0.29) is 11.1 Å². The molecule has 0 unspecified atom stereocenters. The molecule has 23 heavy (non-hydrogen) atoms. The average molecular weight is 355 g/mol. The highest BCUT2D eigenvalue weighted by molar-refractivity contribution is 7.99. The molecule has 1 saturated heterocycles. The lowest BCUT2D eigenvalue weighted by Crippen LogP contribution is -2.34. The Hall–Kier alpha value is -1.79. The van der Waals surface area contributed by atoms with Crippen LogP contribution >= 0.6 is 23.4 Å². The van der Waals surface area contributed by atoms with Crippen LogP contribution < -0.4 is 5.32 Å². The van der Waals surface area contributed by atoms with Crippen molar-refractivity contribution >= 4 is 35.1 Å². The number of carbonyl (C=O) groups excluding carboxylic acids is 1. The van der Waals surface area contributed by atoms with Gasteiger partial charge in [-0.25, -0.2) is 13.6 Å². The molecule has 120 valence electrons. The Morgan fingerprint density at radius 3 is 2.83 bits per heavy atom. The van der Waals surface area contributed by atoms with Gasteiger partial charge < -0.3 is 10.2 Å². The molecule has 1 heterocycles. The molecule has 0 spiro atoms. The first-order chi connectivity index (χ1) is 11.0. The Balaban J connectivity index is 1.78. The molecular weight excluding hydrogens is 342 g/mol. The number of anilines is 1. The first-order valence-corrected chi connectivity index (χ1v) is 8.37. The van der Waals surface area contributed by atoms with Crippen LogP contribution in [0.4, 0.5) is 19.3 Å². The number of halogens is 3. The molecule has 0 aromatic heterocycles. The first kappa shape index (κ1) is 16.1. The van der Waals surface area contributed by atoms with Gasteiger partial charge in [0.1, 0.15) is 17.0 Å². The summed E-state index contributed by atoms with van der Waals surface area (Å²) in [6.45, 7) is 0.538. The molecule has 0 aliphatic carbocycles. The first-order valence-electron chi connectivity index (χ1n) is 6.94. The number of rotatable bonds is 2. The zero-order valence-electron chi connectivity index (χ0n) is 11.9. The number of carbonyl (C=O) groups is 1. The summed E-state index contributed by atoms with van der Waals surface area (Å²) in [6.07, 6.45) is 0. The van der Waals surface area contributed by atoms with Gasteiger partial charge in [-0.15, -0.1) is 11.8 Å². The standard InChI is InChI=1S/C16H13ClF2N2OS/c17-11-3-1-2-10(8-11)15-21(6-7-23-15)16(22)20-14-5-4-12(18)9-13(14)19/h1-5,8-9,15H,6-7H2,(H,20,22)/t15-/m0/s1. The second-order valence-corrected chi connectivity index (χ2v) is 6.65. The highest BCUT2D eigenvalue weighted by Gasteiger charge is 2.31. The van der Waals surface area contributed by atoms with E-state index in [1.807, 2.05) is 18.2 Å². The Labute approximate surface area is 141 Å². The van der Waals surface area contributed by atoms with Gasteiger partial charge >= 0.3 is 6.03 Å². The molecule has 2 amide bonds. The van der Waals surface area contributed by atoms with Crippen molar-refractivity contribution in [2.45, 2.75) is 5.37 Å². The third-order valence-corrected chi connectivity index (χ3v) is 4.95. The van der Waals surface area contributed by atoms with E-state index < -0.39 is 17.7 Å². The van der Waals surface area contributed by atoms with Gasteiger partial charge in [0.2, 0.25) is 0 Å². The third-order valence-electron chi connectivity index (χ3n) is 3.46. The zero-order chi connectivity index (χ0) is 16.4. The molecule has 0 radical (unpaired) electrons. The summed E-state index contributed by atoms with van der Waals surface area (Å²) in [5.41, 5.74) is 0.868. The Bertz CT molecular complexity index is 744. The topological polar surface area (TPSA) is 32.3 Å². The van der Waals surface area contributed by atoms with E-state index in [1.54, 1.807) is 22.7 Å². The monoisotopic (exact) mass is 354 g/mol. The van der Waals surface area contributed by atoms with Crippen LogP contribution in [0.3, 0.4) is 0 Å². The summed E-state index contributed by atoms with van der Waals surface area (Å²) >= 11 is 7.61. The molecule has 1 aliphatic heterocycles. The number of nitrogens with zero attached hydrogens (tertiary/aromatic N) is 1. The lowest BCUT2D eigenvalue weighted by molar-refractivity contribution is 0.214. The minimum Gasteiger partial charge on any atom is -0.308 e. The molecule has 1 N–H and O–H groups in total. The van der Waals surface area contributed by atoms with E-state index in [9.17, 15) is 13.6 Å². The summed E-state index contributed by atoms with van der Waals surface area (Å²) in [4.78, 5) is 14.0. The number of thioether (sulfide) groups is 1. The average Bonchev–Trinajstić information content (AvgIpc) is 2.99. The Morgan fingerprint density at radius 2 is 2.09 bits per heavy atom. The summed E-state index contributed by atoms with van der Waals surface area (Å²) < 4.78 is 26.6. The lowest BCUT2D eigenvalue weighted by atomic mass is 10.2. The lowest BCUT2D eigenvalue weighted by Gasteiger charge is -2.24. The molecule has 7 heteroatoms. The highest BCUT2D eigenvalue weighted by atomic mass is 35.5. The molecule has 1 atom stereocenters. The van der Waals surface area contributed by atoms with Gasteiger partial charge in [-0.2, -0.15) is 0 Å². The maximum atomic E-state index is 13.7. The predicted molar refractivity (Wildman–Crippen MR) is 88.7 cm³/mol. The maximum absolute atomic E-state index is 13.7. The van der Waals surface area contributed by atoms with Crippen molar-refractivity contribution in [1.29, 1.82) is 0 Å². The fourth-order valence-corrected chi connectivity index (χ4v) is 3.84. The fraction of sp³-hybridized carbons (Fsp3) is 0.188. The van der Waals surface area contributed by atoms with E-state index >= 15 is 0 Å². The normalized spacial score (nSPS) is 17.3. The maximum Gasteiger partial charge on any atom is 0.323 e. The van der Waals surface area contributed by atoms with Gasteiger partial charge in [0.05, 0.1) is 5.69 Å². The smallest absolute Gasteiger partial charge is 0.308 e. The minimum atomic E-state index is -0.801. The van der Waals surface area contributed by atoms with Crippen LogP contribution in [0.5, 0.6) is 0 Å². The predicted octanol–water partition coefficient (Wildman–Crippen LogP) is 4.90. The van der Waals surface area contributed by atoms with Crippen LogP contribution in [0.15, 0.2) is 42.5 Å². The van der Waals surface area contributed by atoms with Crippen LogP contribution in [-0.4, -0.2) is 23.2 Å². The summed E-state index contributed by atoms with van der Waals surface area (Å²) in [5.74, 6) is -0.713. The van der Waals surface area contributed by atoms with Crippen LogP contribution in [0.2, 0.25) is 5.02 Å². The Kier molecular flexibility index (Phi) is 4.73. The largest absolute Gasteiger partial charge is 0.323 e. The zero-order valence-corrected chi connectivity index (χ0v) is 13.5. The van der Waals surface area contributed by atoms with Crippen molar-refractivity contribution < 1.29 is 13.6 Å². The van der Waals surface area contributed by atoms with Gasteiger partial charge in [-0.1, -0.05) is 23.7 Å². The van der Waals surface area contributed by atoms with Crippen LogP contribution in [0, 0.1) is 11.6 Å². The van der Waals surface area contributed by atoms with Crippen molar-refractivity contribution in [3.05, 3.63) is 64.7 Å². The SMILES string of the molecule is O=C(Nc1ccc(F)cc1F)N1CCS[C@H]1c1cccc(Cl)c1. The van der Waals surface area contributed by atoms with Crippen molar-refractivity contribution in [2.75, 3.05) is 17.6 Å². The molecule has 1 fully saturated rings. The second kappa shape index (κ2) is 6.76. The minimum absolute atomic E-state index is 0.0434. The number of nitrogens with one attached hydrogen (secondary N) is 1. The van der Waals surface area contributed by atoms with Crippen LogP contribution in [0.1, 0.15) is 10.9 Å². The van der Waals surface area contributed by atoms with Gasteiger partial charge in [0, 0.05) is 23.4 Å². The molecule has 3 rings (SSSR count). The Morgan fingerprint density at radius 1 is 1.26 bits per heavy atom. The summed E-state index contributed by atoms with van der Waals surface area (Å²) in [5, 5.41) is 2.91. The molecule has 2 aromatic carbocycles. The van der Waals surface area contributed by atoms with E-state index in [0.29, 0.717) is 11.6 Å². The second-order valence-electron chi connectivity index (χ2n) is 5.03. The fourth-order valence-electron chi connectivity index (χ4n) is 2.39. The van der Waals surface area contributed by atoms with E-state index in [4.69, 9.17) is 11.6 Å². The number of urea groups is 1. The number of hydrogen-bond donors (Lipinski definition) is 1. The van der Waals surface area contributed by atoms with Crippen molar-refractivity contribution in [3.63, 3.8) is 0 Å². The van der Waals surface area contributed by atoms with Gasteiger partial charge in [0.25, 0.3) is 0 Å². The van der Waals surface area contributed by atoms with E-state index in [0.717, 1.165) is 23.4 Å². The molecule has 1 aliphatic rings. The van der Waals surface area contributed by atoms with Gasteiger partial charge in [0.15, 0.2) is 0 Å². The molecule has 2 aromatic rings. The van der Waals surface area contributed by atoms with E-state index in [2.05, 4.69) is 5.32 Å². The molecule has 0 bridgehead atoms.